The molecule has 1 saturated heterocycles. The summed E-state index contributed by atoms with van der Waals surface area (Å²) in [5.74, 6) is 1.06. The molecule has 1 rings (SSSR count). The van der Waals surface area contributed by atoms with Crippen molar-refractivity contribution >= 4 is 8.58 Å². The Balaban J connectivity index is 2.16. The van der Waals surface area contributed by atoms with Gasteiger partial charge in [0.2, 0.25) is 0 Å². The molecule has 0 aromatic carbocycles. The Morgan fingerprint density at radius 1 is 1.71 bits per heavy atom. The normalized spacial score (nSPS) is 43.7. The molecule has 0 saturated carbocycles. The lowest BCUT2D eigenvalue weighted by molar-refractivity contribution is 0.552. The first-order valence-corrected chi connectivity index (χ1v) is 4.36. The van der Waals surface area contributed by atoms with Crippen LogP contribution in [0.2, 0.25) is 0 Å². The SMILES string of the molecule is CCC1PCC1C. The lowest BCUT2D eigenvalue weighted by atomic mass is 10.1. The van der Waals surface area contributed by atoms with Crippen LogP contribution in [0.15, 0.2) is 0 Å². The molecule has 0 aliphatic carbocycles. The third-order valence-corrected chi connectivity index (χ3v) is 4.21. The van der Waals surface area contributed by atoms with Gasteiger partial charge in [0, 0.05) is 0 Å². The highest BCUT2D eigenvalue weighted by molar-refractivity contribution is 7.40. The molecule has 1 aliphatic heterocycles. The average molecular weight is 116 g/mol. The molecule has 1 aliphatic rings. The maximum Gasteiger partial charge on any atom is -0.0210 e. The van der Waals surface area contributed by atoms with Crippen LogP contribution in [0, 0.1) is 5.92 Å². The van der Waals surface area contributed by atoms with E-state index in [4.69, 9.17) is 0 Å². The smallest absolute Gasteiger partial charge is 0.0210 e. The third-order valence-electron chi connectivity index (χ3n) is 1.83. The molecule has 0 amide bonds. The van der Waals surface area contributed by atoms with Crippen LogP contribution in [-0.2, 0) is 0 Å². The third kappa shape index (κ3) is 0.966. The van der Waals surface area contributed by atoms with E-state index in [2.05, 4.69) is 13.8 Å². The zero-order valence-corrected chi connectivity index (χ0v) is 6.07. The van der Waals surface area contributed by atoms with Crippen LogP contribution >= 0.6 is 8.58 Å². The Kier molecular flexibility index (Phi) is 1.69. The Bertz CT molecular complexity index is 59.2. The van der Waals surface area contributed by atoms with Gasteiger partial charge in [-0.2, -0.15) is 0 Å². The molecule has 1 heteroatoms. The fourth-order valence-corrected chi connectivity index (χ4v) is 2.40. The van der Waals surface area contributed by atoms with E-state index in [0.29, 0.717) is 0 Å². The van der Waals surface area contributed by atoms with Crippen LogP contribution in [0.3, 0.4) is 0 Å². The van der Waals surface area contributed by atoms with Crippen molar-refractivity contribution in [1.82, 2.24) is 0 Å². The summed E-state index contributed by atoms with van der Waals surface area (Å²) in [5, 5.41) is 0. The topological polar surface area (TPSA) is 0 Å². The van der Waals surface area contributed by atoms with Gasteiger partial charge in [-0.15, -0.1) is 8.58 Å². The minimum atomic E-state index is 1.06. The van der Waals surface area contributed by atoms with Crippen molar-refractivity contribution in [2.75, 3.05) is 6.16 Å². The first-order valence-electron chi connectivity index (χ1n) is 3.08. The van der Waals surface area contributed by atoms with E-state index >= 15 is 0 Å². The lowest BCUT2D eigenvalue weighted by Crippen LogP contribution is -2.24. The number of hydrogen-bond acceptors (Lipinski definition) is 0. The largest absolute Gasteiger partial charge is 0.118 e. The highest BCUT2D eigenvalue weighted by Gasteiger charge is 2.23. The molecule has 0 aromatic rings. The van der Waals surface area contributed by atoms with E-state index in [1.165, 1.54) is 21.2 Å². The summed E-state index contributed by atoms with van der Waals surface area (Å²) in [4.78, 5) is 0. The van der Waals surface area contributed by atoms with Gasteiger partial charge in [0.1, 0.15) is 0 Å². The molecular weight excluding hydrogens is 103 g/mol. The summed E-state index contributed by atoms with van der Waals surface area (Å²) in [6.45, 7) is 4.66. The molecular formula is C6H13P. The van der Waals surface area contributed by atoms with E-state index < -0.39 is 0 Å². The van der Waals surface area contributed by atoms with Gasteiger partial charge in [-0.3, -0.25) is 0 Å². The zero-order valence-electron chi connectivity index (χ0n) is 5.07. The summed E-state index contributed by atoms with van der Waals surface area (Å²) in [6, 6.07) is 0. The molecule has 0 spiro atoms. The van der Waals surface area contributed by atoms with Crippen LogP contribution in [0.1, 0.15) is 20.3 Å². The second-order valence-electron chi connectivity index (χ2n) is 2.40. The van der Waals surface area contributed by atoms with E-state index in [1.54, 1.807) is 0 Å². The molecule has 0 N–H and O–H groups in total. The fourth-order valence-electron chi connectivity index (χ4n) is 1.07. The quantitative estimate of drug-likeness (QED) is 0.460. The number of hydrogen-bond donors (Lipinski definition) is 0. The van der Waals surface area contributed by atoms with Gasteiger partial charge in [0.15, 0.2) is 0 Å². The summed E-state index contributed by atoms with van der Waals surface area (Å²) < 4.78 is 0. The van der Waals surface area contributed by atoms with Crippen molar-refractivity contribution in [3.05, 3.63) is 0 Å². The molecule has 0 radical (unpaired) electrons. The molecule has 42 valence electrons. The molecule has 0 nitrogen and oxygen atoms in total. The standard InChI is InChI=1S/C6H13P/c1-3-6-5(2)4-7-6/h5-7H,3-4H2,1-2H3. The van der Waals surface area contributed by atoms with Gasteiger partial charge in [0.25, 0.3) is 0 Å². The molecule has 0 aromatic heterocycles. The number of rotatable bonds is 1. The van der Waals surface area contributed by atoms with Crippen molar-refractivity contribution in [3.63, 3.8) is 0 Å². The van der Waals surface area contributed by atoms with Crippen LogP contribution < -0.4 is 0 Å². The molecule has 7 heavy (non-hydrogen) atoms. The Hall–Kier alpha value is 0.430. The highest BCUT2D eigenvalue weighted by atomic mass is 31.1. The summed E-state index contributed by atoms with van der Waals surface area (Å²) in [6.07, 6.45) is 2.93. The molecule has 3 atom stereocenters. The van der Waals surface area contributed by atoms with Gasteiger partial charge in [-0.1, -0.05) is 13.8 Å². The fraction of sp³-hybridized carbons (Fsp3) is 1.00. The molecule has 1 heterocycles. The Morgan fingerprint density at radius 2 is 2.43 bits per heavy atom. The Labute approximate surface area is 47.5 Å². The van der Waals surface area contributed by atoms with Crippen LogP contribution in [-0.4, -0.2) is 11.8 Å². The van der Waals surface area contributed by atoms with Gasteiger partial charge >= 0.3 is 0 Å². The van der Waals surface area contributed by atoms with Crippen LogP contribution in [0.25, 0.3) is 0 Å². The predicted octanol–water partition coefficient (Wildman–Crippen LogP) is 2.09. The van der Waals surface area contributed by atoms with Crippen LogP contribution in [0.4, 0.5) is 0 Å². The minimum absolute atomic E-state index is 1.06. The minimum Gasteiger partial charge on any atom is -0.118 e. The lowest BCUT2D eigenvalue weighted by Gasteiger charge is -2.32. The van der Waals surface area contributed by atoms with E-state index in [-0.39, 0.29) is 0 Å². The first-order chi connectivity index (χ1) is 3.34. The summed E-state index contributed by atoms with van der Waals surface area (Å²) in [5.41, 5.74) is 1.11. The predicted molar refractivity (Wildman–Crippen MR) is 36.4 cm³/mol. The molecule has 1 fully saturated rings. The van der Waals surface area contributed by atoms with Gasteiger partial charge < -0.3 is 0 Å². The van der Waals surface area contributed by atoms with Gasteiger partial charge in [-0.25, -0.2) is 0 Å². The van der Waals surface area contributed by atoms with Gasteiger partial charge in [0.05, 0.1) is 0 Å². The monoisotopic (exact) mass is 116 g/mol. The molecule has 0 bridgehead atoms. The van der Waals surface area contributed by atoms with Crippen LogP contribution in [0.5, 0.6) is 0 Å². The maximum absolute atomic E-state index is 2.37. The average Bonchev–Trinajstić information content (AvgIpc) is 1.65. The van der Waals surface area contributed by atoms with E-state index in [1.807, 2.05) is 0 Å². The van der Waals surface area contributed by atoms with Crippen molar-refractivity contribution in [2.24, 2.45) is 5.92 Å². The van der Waals surface area contributed by atoms with E-state index in [0.717, 1.165) is 11.6 Å². The maximum atomic E-state index is 2.37. The highest BCUT2D eigenvalue weighted by Crippen LogP contribution is 2.41. The second kappa shape index (κ2) is 2.13. The van der Waals surface area contributed by atoms with E-state index in [9.17, 15) is 0 Å². The molecule has 3 unspecified atom stereocenters. The van der Waals surface area contributed by atoms with Crippen molar-refractivity contribution in [1.29, 1.82) is 0 Å². The van der Waals surface area contributed by atoms with Gasteiger partial charge in [-0.05, 0) is 24.2 Å². The van der Waals surface area contributed by atoms with Crippen molar-refractivity contribution < 1.29 is 0 Å². The summed E-state index contributed by atoms with van der Waals surface area (Å²) in [7, 11) is 1.29. The first kappa shape index (κ1) is 5.56. The van der Waals surface area contributed by atoms with Crippen molar-refractivity contribution in [3.8, 4) is 0 Å². The summed E-state index contributed by atoms with van der Waals surface area (Å²) >= 11 is 0. The second-order valence-corrected chi connectivity index (χ2v) is 3.96. The Morgan fingerprint density at radius 3 is 2.43 bits per heavy atom. The van der Waals surface area contributed by atoms with Crippen molar-refractivity contribution in [2.45, 2.75) is 25.9 Å². The zero-order chi connectivity index (χ0) is 5.28.